The van der Waals surface area contributed by atoms with E-state index >= 15 is 0 Å². The molecule has 0 unspecified atom stereocenters. The molecule has 0 heterocycles. The molecule has 0 aromatic heterocycles. The maximum atomic E-state index is 9.74. The Hall–Kier alpha value is -1.02. The number of hydrogen-bond acceptors (Lipinski definition) is 2. The lowest BCUT2D eigenvalue weighted by Gasteiger charge is -2.17. The molecule has 2 heteroatoms. The first-order valence-electron chi connectivity index (χ1n) is 7.24. The Labute approximate surface area is 110 Å². The van der Waals surface area contributed by atoms with Crippen LogP contribution in [0.4, 0.5) is 0 Å². The molecule has 1 atom stereocenters. The zero-order valence-corrected chi connectivity index (χ0v) is 11.3. The molecule has 1 aliphatic rings. The van der Waals surface area contributed by atoms with E-state index < -0.39 is 0 Å². The van der Waals surface area contributed by atoms with E-state index in [9.17, 15) is 5.11 Å². The molecule has 1 aromatic carbocycles. The molecule has 0 amide bonds. The minimum atomic E-state index is -0.350. The third-order valence-corrected chi connectivity index (χ3v) is 3.76. The molecule has 0 radical (unpaired) electrons. The average Bonchev–Trinajstić information content (AvgIpc) is 2.67. The van der Waals surface area contributed by atoms with Crippen LogP contribution >= 0.6 is 0 Å². The second-order valence-corrected chi connectivity index (χ2v) is 5.22. The summed E-state index contributed by atoms with van der Waals surface area (Å²) in [6, 6.07) is 7.92. The van der Waals surface area contributed by atoms with Gasteiger partial charge in [0.15, 0.2) is 0 Å². The van der Waals surface area contributed by atoms with Gasteiger partial charge < -0.3 is 9.84 Å². The molecule has 1 aliphatic carbocycles. The molecule has 100 valence electrons. The second-order valence-electron chi connectivity index (χ2n) is 5.22. The van der Waals surface area contributed by atoms with E-state index in [4.69, 9.17) is 4.74 Å². The Kier molecular flexibility index (Phi) is 5.06. The van der Waals surface area contributed by atoms with Crippen LogP contribution in [0, 0.1) is 0 Å². The molecule has 0 bridgehead atoms. The lowest BCUT2D eigenvalue weighted by molar-refractivity contribution is 0.172. The topological polar surface area (TPSA) is 29.5 Å². The van der Waals surface area contributed by atoms with Crippen LogP contribution in [-0.4, -0.2) is 11.2 Å². The van der Waals surface area contributed by atoms with E-state index in [0.29, 0.717) is 6.10 Å². The predicted octanol–water partition coefficient (Wildman–Crippen LogP) is 4.23. The summed E-state index contributed by atoms with van der Waals surface area (Å²) in [4.78, 5) is 0. The maximum absolute atomic E-state index is 9.74. The first-order valence-corrected chi connectivity index (χ1v) is 7.24. The van der Waals surface area contributed by atoms with Crippen LogP contribution in [0.15, 0.2) is 24.3 Å². The van der Waals surface area contributed by atoms with Gasteiger partial charge in [-0.3, -0.25) is 0 Å². The van der Waals surface area contributed by atoms with Crippen molar-refractivity contribution in [1.29, 1.82) is 0 Å². The van der Waals surface area contributed by atoms with Crippen molar-refractivity contribution < 1.29 is 9.84 Å². The van der Waals surface area contributed by atoms with Crippen molar-refractivity contribution in [3.8, 4) is 5.75 Å². The molecular weight excluding hydrogens is 224 g/mol. The summed E-state index contributed by atoms with van der Waals surface area (Å²) in [5, 5.41) is 9.74. The smallest absolute Gasteiger partial charge is 0.119 e. The van der Waals surface area contributed by atoms with Gasteiger partial charge in [-0.25, -0.2) is 0 Å². The predicted molar refractivity (Wildman–Crippen MR) is 73.8 cm³/mol. The van der Waals surface area contributed by atoms with E-state index in [2.05, 4.69) is 0 Å². The molecular formula is C16H24O2. The van der Waals surface area contributed by atoms with Gasteiger partial charge in [-0.05, 0) is 49.8 Å². The third kappa shape index (κ3) is 3.74. The molecule has 0 saturated heterocycles. The molecule has 18 heavy (non-hydrogen) atoms. The first kappa shape index (κ1) is 13.4. The fourth-order valence-corrected chi connectivity index (χ4v) is 2.56. The summed E-state index contributed by atoms with van der Waals surface area (Å²) in [7, 11) is 0. The van der Waals surface area contributed by atoms with Crippen molar-refractivity contribution >= 4 is 0 Å². The van der Waals surface area contributed by atoms with E-state index in [1.54, 1.807) is 0 Å². The third-order valence-electron chi connectivity index (χ3n) is 3.76. The van der Waals surface area contributed by atoms with Crippen molar-refractivity contribution in [2.75, 3.05) is 0 Å². The van der Waals surface area contributed by atoms with Crippen LogP contribution in [0.5, 0.6) is 5.75 Å². The minimum absolute atomic E-state index is 0.350. The molecule has 0 aliphatic heterocycles. The zero-order chi connectivity index (χ0) is 12.8. The zero-order valence-electron chi connectivity index (χ0n) is 11.3. The standard InChI is InChI=1S/C16H24O2/c1-2-16(17)13-9-11-15(12-10-13)18-14-7-5-3-4-6-8-14/h9-12,14,16-17H,2-8H2,1H3/t16-/m0/s1. The summed E-state index contributed by atoms with van der Waals surface area (Å²) in [5.41, 5.74) is 0.978. The Balaban J connectivity index is 1.92. The van der Waals surface area contributed by atoms with Crippen molar-refractivity contribution in [3.05, 3.63) is 29.8 Å². The van der Waals surface area contributed by atoms with Gasteiger partial charge in [0.1, 0.15) is 5.75 Å². The lowest BCUT2D eigenvalue weighted by Crippen LogP contribution is -2.15. The molecule has 1 N–H and O–H groups in total. The molecule has 2 nitrogen and oxygen atoms in total. The number of ether oxygens (including phenoxy) is 1. The van der Waals surface area contributed by atoms with Crippen LogP contribution in [-0.2, 0) is 0 Å². The van der Waals surface area contributed by atoms with Crippen LogP contribution in [0.25, 0.3) is 0 Å². The molecule has 1 fully saturated rings. The number of hydrogen-bond donors (Lipinski definition) is 1. The van der Waals surface area contributed by atoms with Gasteiger partial charge in [0.25, 0.3) is 0 Å². The molecule has 1 aromatic rings. The van der Waals surface area contributed by atoms with Gasteiger partial charge >= 0.3 is 0 Å². The summed E-state index contributed by atoms with van der Waals surface area (Å²) in [5.74, 6) is 0.939. The number of rotatable bonds is 4. The summed E-state index contributed by atoms with van der Waals surface area (Å²) in [6.07, 6.45) is 8.42. The van der Waals surface area contributed by atoms with Crippen molar-refractivity contribution in [1.82, 2.24) is 0 Å². The Morgan fingerprint density at radius 1 is 1.11 bits per heavy atom. The second kappa shape index (κ2) is 6.79. The fraction of sp³-hybridized carbons (Fsp3) is 0.625. The van der Waals surface area contributed by atoms with E-state index in [1.165, 1.54) is 38.5 Å². The van der Waals surface area contributed by atoms with E-state index in [0.717, 1.165) is 17.7 Å². The SMILES string of the molecule is CC[C@H](O)c1ccc(OC2CCCCCC2)cc1. The normalized spacial score (nSPS) is 19.2. The van der Waals surface area contributed by atoms with Gasteiger partial charge in [0, 0.05) is 0 Å². The Bertz CT molecular complexity index is 337. The van der Waals surface area contributed by atoms with E-state index in [-0.39, 0.29) is 6.10 Å². The van der Waals surface area contributed by atoms with Gasteiger partial charge in [0.05, 0.1) is 12.2 Å². The number of benzene rings is 1. The highest BCUT2D eigenvalue weighted by molar-refractivity contribution is 5.28. The van der Waals surface area contributed by atoms with Gasteiger partial charge in [-0.15, -0.1) is 0 Å². The van der Waals surface area contributed by atoms with Crippen LogP contribution in [0.3, 0.4) is 0 Å². The lowest BCUT2D eigenvalue weighted by atomic mass is 10.1. The van der Waals surface area contributed by atoms with Crippen molar-refractivity contribution in [3.63, 3.8) is 0 Å². The number of aliphatic hydroxyl groups is 1. The van der Waals surface area contributed by atoms with Crippen molar-refractivity contribution in [2.45, 2.75) is 64.1 Å². The molecule has 0 spiro atoms. The largest absolute Gasteiger partial charge is 0.490 e. The highest BCUT2D eigenvalue weighted by atomic mass is 16.5. The highest BCUT2D eigenvalue weighted by Crippen LogP contribution is 2.24. The average molecular weight is 248 g/mol. The van der Waals surface area contributed by atoms with Gasteiger partial charge in [-0.1, -0.05) is 31.9 Å². The van der Waals surface area contributed by atoms with Crippen molar-refractivity contribution in [2.24, 2.45) is 0 Å². The molecule has 2 rings (SSSR count). The first-order chi connectivity index (χ1) is 8.79. The highest BCUT2D eigenvalue weighted by Gasteiger charge is 2.13. The quantitative estimate of drug-likeness (QED) is 0.808. The van der Waals surface area contributed by atoms with E-state index in [1.807, 2.05) is 31.2 Å². The molecule has 1 saturated carbocycles. The summed E-state index contributed by atoms with van der Waals surface area (Å²) >= 11 is 0. The fourth-order valence-electron chi connectivity index (χ4n) is 2.56. The minimum Gasteiger partial charge on any atom is -0.490 e. The Morgan fingerprint density at radius 3 is 2.28 bits per heavy atom. The van der Waals surface area contributed by atoms with Gasteiger partial charge in [0.2, 0.25) is 0 Å². The maximum Gasteiger partial charge on any atom is 0.119 e. The summed E-state index contributed by atoms with van der Waals surface area (Å²) < 4.78 is 6.02. The van der Waals surface area contributed by atoms with Crippen LogP contribution in [0.1, 0.15) is 63.5 Å². The van der Waals surface area contributed by atoms with Gasteiger partial charge in [-0.2, -0.15) is 0 Å². The summed E-state index contributed by atoms with van der Waals surface area (Å²) in [6.45, 7) is 1.99. The van der Waals surface area contributed by atoms with Crippen LogP contribution < -0.4 is 4.74 Å². The monoisotopic (exact) mass is 248 g/mol. The Morgan fingerprint density at radius 2 is 1.72 bits per heavy atom. The number of aliphatic hydroxyl groups excluding tert-OH is 1. The van der Waals surface area contributed by atoms with Crippen LogP contribution in [0.2, 0.25) is 0 Å².